The Morgan fingerprint density at radius 1 is 1.38 bits per heavy atom. The number of benzene rings is 1. The number of anilines is 1. The van der Waals surface area contributed by atoms with Gasteiger partial charge in [-0.25, -0.2) is 0 Å². The highest BCUT2D eigenvalue weighted by Gasteiger charge is 2.21. The molecule has 0 fully saturated rings. The summed E-state index contributed by atoms with van der Waals surface area (Å²) in [6.07, 6.45) is 3.07. The van der Waals surface area contributed by atoms with Gasteiger partial charge in [0.1, 0.15) is 5.69 Å². The molecular formula is C17H25N3O. The molecule has 0 aliphatic heterocycles. The highest BCUT2D eigenvalue weighted by atomic mass is 16.2. The van der Waals surface area contributed by atoms with Crippen LogP contribution in [0.4, 0.5) is 5.69 Å². The zero-order valence-electron chi connectivity index (χ0n) is 13.1. The first-order valence-electron chi connectivity index (χ1n) is 7.76. The lowest BCUT2D eigenvalue weighted by Crippen LogP contribution is -2.39. The molecule has 4 heteroatoms. The molecule has 1 atom stereocenters. The Kier molecular flexibility index (Phi) is 4.89. The number of nitrogens with zero attached hydrogens (tertiary/aromatic N) is 1. The van der Waals surface area contributed by atoms with E-state index in [0.29, 0.717) is 11.4 Å². The van der Waals surface area contributed by atoms with Crippen molar-refractivity contribution in [1.29, 1.82) is 0 Å². The molecule has 2 aromatic rings. The second kappa shape index (κ2) is 6.66. The highest BCUT2D eigenvalue weighted by molar-refractivity contribution is 6.00. The lowest BCUT2D eigenvalue weighted by atomic mass is 10.1. The Bertz CT molecular complexity index is 618. The highest BCUT2D eigenvalue weighted by Crippen LogP contribution is 2.22. The number of unbranched alkanes of at least 4 members (excludes halogenated alkanes) is 1. The number of para-hydroxylation sites is 1. The van der Waals surface area contributed by atoms with Crippen molar-refractivity contribution in [2.75, 3.05) is 12.3 Å². The molecule has 21 heavy (non-hydrogen) atoms. The number of aromatic amines is 1. The predicted molar refractivity (Wildman–Crippen MR) is 88.4 cm³/mol. The number of rotatable bonds is 6. The molecule has 3 N–H and O–H groups in total. The first-order valence-corrected chi connectivity index (χ1v) is 7.76. The fourth-order valence-corrected chi connectivity index (χ4v) is 2.52. The first-order chi connectivity index (χ1) is 10.1. The number of nitrogens with two attached hydrogens (primary N) is 1. The fourth-order valence-electron chi connectivity index (χ4n) is 2.52. The second-order valence-electron chi connectivity index (χ2n) is 5.60. The Balaban J connectivity index is 2.31. The smallest absolute Gasteiger partial charge is 0.270 e. The molecule has 0 aliphatic carbocycles. The summed E-state index contributed by atoms with van der Waals surface area (Å²) in [5.74, 6) is 0.0633. The van der Waals surface area contributed by atoms with Gasteiger partial charge in [0.15, 0.2) is 0 Å². The molecule has 0 spiro atoms. The summed E-state index contributed by atoms with van der Waals surface area (Å²) in [5.41, 5.74) is 8.10. The number of carbonyl (C=O) groups excluding carboxylic acids is 1. The third kappa shape index (κ3) is 3.20. The monoisotopic (exact) mass is 287 g/mol. The summed E-state index contributed by atoms with van der Waals surface area (Å²) < 4.78 is 0. The van der Waals surface area contributed by atoms with E-state index in [9.17, 15) is 4.79 Å². The van der Waals surface area contributed by atoms with Gasteiger partial charge >= 0.3 is 0 Å². The van der Waals surface area contributed by atoms with E-state index in [1.165, 1.54) is 0 Å². The summed E-state index contributed by atoms with van der Waals surface area (Å²) in [7, 11) is 0. The molecule has 114 valence electrons. The van der Waals surface area contributed by atoms with Crippen LogP contribution in [0.1, 0.15) is 50.5 Å². The Morgan fingerprint density at radius 2 is 2.14 bits per heavy atom. The molecule has 0 radical (unpaired) electrons. The molecule has 0 aliphatic rings. The lowest BCUT2D eigenvalue weighted by Gasteiger charge is -2.28. The molecule has 1 aromatic heterocycles. The van der Waals surface area contributed by atoms with E-state index in [1.54, 1.807) is 0 Å². The molecule has 4 nitrogen and oxygen atoms in total. The van der Waals surface area contributed by atoms with Crippen molar-refractivity contribution in [3.63, 3.8) is 0 Å². The van der Waals surface area contributed by atoms with E-state index in [0.717, 1.165) is 36.7 Å². The average Bonchev–Trinajstić information content (AvgIpc) is 2.92. The molecule has 0 saturated carbocycles. The first kappa shape index (κ1) is 15.4. The van der Waals surface area contributed by atoms with Gasteiger partial charge in [-0.3, -0.25) is 4.79 Å². The zero-order valence-corrected chi connectivity index (χ0v) is 13.1. The summed E-state index contributed by atoms with van der Waals surface area (Å²) >= 11 is 0. The fraction of sp³-hybridized carbons (Fsp3) is 0.471. The molecular weight excluding hydrogens is 262 g/mol. The molecule has 1 aromatic carbocycles. The number of nitrogen functional groups attached to an aromatic ring is 1. The summed E-state index contributed by atoms with van der Waals surface area (Å²) in [4.78, 5) is 17.9. The molecule has 0 bridgehead atoms. The quantitative estimate of drug-likeness (QED) is 0.794. The van der Waals surface area contributed by atoms with Gasteiger partial charge in [-0.1, -0.05) is 32.4 Å². The van der Waals surface area contributed by atoms with Crippen molar-refractivity contribution in [1.82, 2.24) is 9.88 Å². The second-order valence-corrected chi connectivity index (χ2v) is 5.60. The number of nitrogens with one attached hydrogen (secondary N) is 1. The van der Waals surface area contributed by atoms with E-state index in [-0.39, 0.29) is 11.9 Å². The average molecular weight is 287 g/mol. The topological polar surface area (TPSA) is 62.1 Å². The van der Waals surface area contributed by atoms with Crippen LogP contribution in [0.5, 0.6) is 0 Å². The number of fused-ring (bicyclic) bond motifs is 1. The number of carbonyl (C=O) groups is 1. The maximum Gasteiger partial charge on any atom is 0.270 e. The Morgan fingerprint density at radius 3 is 2.76 bits per heavy atom. The van der Waals surface area contributed by atoms with Crippen molar-refractivity contribution >= 4 is 22.5 Å². The van der Waals surface area contributed by atoms with Crippen LogP contribution < -0.4 is 5.73 Å². The SMILES string of the molecule is CCCCN(C(=O)c1cc2cccc(N)c2[nH]1)C(C)CC. The van der Waals surface area contributed by atoms with Crippen molar-refractivity contribution in [3.05, 3.63) is 30.0 Å². The van der Waals surface area contributed by atoms with Crippen molar-refractivity contribution in [3.8, 4) is 0 Å². The van der Waals surface area contributed by atoms with Crippen LogP contribution in [0.15, 0.2) is 24.3 Å². The molecule has 0 saturated heterocycles. The maximum absolute atomic E-state index is 12.8. The Labute approximate surface area is 126 Å². The minimum Gasteiger partial charge on any atom is -0.397 e. The van der Waals surface area contributed by atoms with Gasteiger partial charge in [-0.15, -0.1) is 0 Å². The van der Waals surface area contributed by atoms with E-state index in [2.05, 4.69) is 25.8 Å². The minimum absolute atomic E-state index is 0.0633. The predicted octanol–water partition coefficient (Wildman–Crippen LogP) is 3.79. The van der Waals surface area contributed by atoms with E-state index in [4.69, 9.17) is 5.73 Å². The van der Waals surface area contributed by atoms with Crippen molar-refractivity contribution in [2.45, 2.75) is 46.1 Å². The number of aromatic nitrogens is 1. The van der Waals surface area contributed by atoms with Gasteiger partial charge < -0.3 is 15.6 Å². The standard InChI is InChI=1S/C17H25N3O/c1-4-6-10-20(12(3)5-2)17(21)15-11-13-8-7-9-14(18)16(13)19-15/h7-9,11-12,19H,4-6,10,18H2,1-3H3. The van der Waals surface area contributed by atoms with E-state index < -0.39 is 0 Å². The van der Waals surface area contributed by atoms with Crippen LogP contribution in [0, 0.1) is 0 Å². The van der Waals surface area contributed by atoms with Crippen molar-refractivity contribution in [2.24, 2.45) is 0 Å². The van der Waals surface area contributed by atoms with Crippen LogP contribution in [-0.2, 0) is 0 Å². The van der Waals surface area contributed by atoms with Crippen LogP contribution >= 0.6 is 0 Å². The summed E-state index contributed by atoms with van der Waals surface area (Å²) in [6.45, 7) is 7.16. The van der Waals surface area contributed by atoms with Gasteiger partial charge in [0.25, 0.3) is 5.91 Å². The normalized spacial score (nSPS) is 12.5. The number of hydrogen-bond acceptors (Lipinski definition) is 2. The summed E-state index contributed by atoms with van der Waals surface area (Å²) in [6, 6.07) is 7.86. The maximum atomic E-state index is 12.8. The summed E-state index contributed by atoms with van der Waals surface area (Å²) in [5, 5.41) is 0.984. The van der Waals surface area contributed by atoms with Gasteiger partial charge in [0, 0.05) is 18.0 Å². The third-order valence-corrected chi connectivity index (χ3v) is 4.06. The largest absolute Gasteiger partial charge is 0.397 e. The van der Waals surface area contributed by atoms with Gasteiger partial charge in [0.2, 0.25) is 0 Å². The van der Waals surface area contributed by atoms with Gasteiger partial charge in [-0.2, -0.15) is 0 Å². The van der Waals surface area contributed by atoms with Crippen LogP contribution in [0.25, 0.3) is 10.9 Å². The van der Waals surface area contributed by atoms with E-state index in [1.807, 2.05) is 29.2 Å². The molecule has 1 amide bonds. The molecule has 1 heterocycles. The third-order valence-electron chi connectivity index (χ3n) is 4.06. The van der Waals surface area contributed by atoms with Crippen LogP contribution in [0.3, 0.4) is 0 Å². The van der Waals surface area contributed by atoms with Gasteiger partial charge in [-0.05, 0) is 31.9 Å². The van der Waals surface area contributed by atoms with E-state index >= 15 is 0 Å². The number of hydrogen-bond donors (Lipinski definition) is 2. The Hall–Kier alpha value is -1.97. The van der Waals surface area contributed by atoms with Crippen LogP contribution in [-0.4, -0.2) is 28.4 Å². The van der Waals surface area contributed by atoms with Gasteiger partial charge in [0.05, 0.1) is 11.2 Å². The molecule has 1 unspecified atom stereocenters. The number of amides is 1. The number of H-pyrrole nitrogens is 1. The molecule has 2 rings (SSSR count). The lowest BCUT2D eigenvalue weighted by molar-refractivity contribution is 0.0680. The minimum atomic E-state index is 0.0633. The zero-order chi connectivity index (χ0) is 15.4. The van der Waals surface area contributed by atoms with Crippen LogP contribution in [0.2, 0.25) is 0 Å². The van der Waals surface area contributed by atoms with Crippen molar-refractivity contribution < 1.29 is 4.79 Å².